The Kier molecular flexibility index (Phi) is 5.92. The number of nitrogens with one attached hydrogen (secondary N) is 1. The largest absolute Gasteiger partial charge is 0.412 e. The van der Waals surface area contributed by atoms with Crippen LogP contribution in [-0.4, -0.2) is 18.2 Å². The third-order valence-electron chi connectivity index (χ3n) is 9.11. The van der Waals surface area contributed by atoms with E-state index in [0.29, 0.717) is 36.7 Å². The first-order valence-corrected chi connectivity index (χ1v) is 12.8. The lowest BCUT2D eigenvalue weighted by Crippen LogP contribution is -2.47. The lowest BCUT2D eigenvalue weighted by molar-refractivity contribution is -0.120. The minimum absolute atomic E-state index is 0.119. The van der Waals surface area contributed by atoms with Crippen LogP contribution in [0, 0.1) is 35.0 Å². The van der Waals surface area contributed by atoms with Crippen molar-refractivity contribution in [1.82, 2.24) is 5.32 Å². The van der Waals surface area contributed by atoms with Crippen molar-refractivity contribution in [3.05, 3.63) is 46.3 Å². The fourth-order valence-corrected chi connectivity index (χ4v) is 7.20. The molecule has 1 aliphatic heterocycles. The van der Waals surface area contributed by atoms with E-state index in [9.17, 15) is 22.8 Å². The second kappa shape index (κ2) is 8.53. The molecule has 34 heavy (non-hydrogen) atoms. The Morgan fingerprint density at radius 1 is 1.09 bits per heavy atom. The molecule has 2 atom stereocenters. The highest BCUT2D eigenvalue weighted by Gasteiger charge is 2.54. The van der Waals surface area contributed by atoms with Gasteiger partial charge in [-0.05, 0) is 67.8 Å². The van der Waals surface area contributed by atoms with Crippen molar-refractivity contribution < 1.29 is 22.8 Å². The highest BCUT2D eigenvalue weighted by Crippen LogP contribution is 2.61. The van der Waals surface area contributed by atoms with Crippen molar-refractivity contribution in [2.45, 2.75) is 77.8 Å². The van der Waals surface area contributed by atoms with Gasteiger partial charge in [0.1, 0.15) is 6.29 Å². The molecule has 0 aromatic rings. The van der Waals surface area contributed by atoms with E-state index in [4.69, 9.17) is 0 Å². The monoisotopic (exact) mass is 473 g/mol. The molecule has 0 amide bonds. The van der Waals surface area contributed by atoms with Crippen molar-refractivity contribution in [2.75, 3.05) is 0 Å². The number of halogens is 3. The van der Waals surface area contributed by atoms with Gasteiger partial charge in [0.25, 0.3) is 0 Å². The number of carbonyl (C=O) groups excluding carboxylic acids is 2. The van der Waals surface area contributed by atoms with Crippen LogP contribution >= 0.6 is 0 Å². The van der Waals surface area contributed by atoms with Gasteiger partial charge in [0.05, 0.1) is 0 Å². The second-order valence-corrected chi connectivity index (χ2v) is 11.5. The first-order chi connectivity index (χ1) is 16.1. The summed E-state index contributed by atoms with van der Waals surface area (Å²) < 4.78 is 40.1. The molecule has 2 fully saturated rings. The predicted octanol–water partition coefficient (Wildman–Crippen LogP) is 6.58. The van der Waals surface area contributed by atoms with E-state index in [1.807, 2.05) is 0 Å². The van der Waals surface area contributed by atoms with Gasteiger partial charge in [0.2, 0.25) is 0 Å². The number of allylic oxidation sites excluding steroid dienone is 8. The molecule has 2 saturated carbocycles. The summed E-state index contributed by atoms with van der Waals surface area (Å²) in [6.07, 6.45) is 8.11. The van der Waals surface area contributed by atoms with Crippen LogP contribution in [0.4, 0.5) is 13.2 Å². The molecule has 4 aliphatic carbocycles. The quantitative estimate of drug-likeness (QED) is 0.469. The lowest BCUT2D eigenvalue weighted by atomic mass is 9.50. The van der Waals surface area contributed by atoms with Crippen molar-refractivity contribution >= 4 is 12.1 Å². The molecule has 2 unspecified atom stereocenters. The summed E-state index contributed by atoms with van der Waals surface area (Å²) in [5.74, 6) is 1.47. The zero-order valence-corrected chi connectivity index (χ0v) is 20.0. The number of aldehydes is 1. The molecule has 6 heteroatoms. The number of ketones is 1. The highest BCUT2D eigenvalue weighted by atomic mass is 19.4. The fraction of sp³-hybridized carbons (Fsp3) is 0.643. The average Bonchev–Trinajstić information content (AvgIpc) is 3.30. The summed E-state index contributed by atoms with van der Waals surface area (Å²) in [4.78, 5) is 25.0. The Morgan fingerprint density at radius 3 is 2.41 bits per heavy atom. The van der Waals surface area contributed by atoms with Crippen molar-refractivity contribution in [1.29, 1.82) is 0 Å². The number of alkyl halides is 3. The molecule has 1 spiro atoms. The third-order valence-corrected chi connectivity index (χ3v) is 9.11. The van der Waals surface area contributed by atoms with E-state index in [2.05, 4.69) is 25.2 Å². The number of carbonyl (C=O) groups is 2. The van der Waals surface area contributed by atoms with Crippen molar-refractivity contribution in [3.8, 4) is 0 Å². The maximum absolute atomic E-state index is 13.4. The molecule has 1 N–H and O–H groups in total. The minimum atomic E-state index is -4.37. The van der Waals surface area contributed by atoms with Gasteiger partial charge in [-0.15, -0.1) is 0 Å². The Labute approximate surface area is 199 Å². The molecule has 5 rings (SSSR count). The summed E-state index contributed by atoms with van der Waals surface area (Å²) >= 11 is 0. The van der Waals surface area contributed by atoms with Crippen molar-refractivity contribution in [3.63, 3.8) is 0 Å². The van der Waals surface area contributed by atoms with E-state index in [1.165, 1.54) is 37.5 Å². The van der Waals surface area contributed by atoms with Gasteiger partial charge in [-0.1, -0.05) is 44.9 Å². The average molecular weight is 474 g/mol. The van der Waals surface area contributed by atoms with Crippen LogP contribution in [0.3, 0.4) is 0 Å². The van der Waals surface area contributed by atoms with Crippen LogP contribution in [0.1, 0.15) is 71.6 Å². The van der Waals surface area contributed by atoms with Gasteiger partial charge >= 0.3 is 6.18 Å². The van der Waals surface area contributed by atoms with Gasteiger partial charge in [-0.2, -0.15) is 13.2 Å². The van der Waals surface area contributed by atoms with Gasteiger partial charge in [-0.3, -0.25) is 9.59 Å². The van der Waals surface area contributed by atoms with Crippen LogP contribution in [0.15, 0.2) is 46.3 Å². The van der Waals surface area contributed by atoms with Crippen LogP contribution in [-0.2, 0) is 9.59 Å². The first-order valence-electron chi connectivity index (χ1n) is 12.8. The molecule has 184 valence electrons. The molecular formula is C28H34F3NO2. The smallest absolute Gasteiger partial charge is 0.362 e. The number of rotatable bonds is 4. The Hall–Kier alpha value is -2.11. The Bertz CT molecular complexity index is 1000. The van der Waals surface area contributed by atoms with Crippen LogP contribution in [0.2, 0.25) is 0 Å². The molecule has 1 heterocycles. The predicted molar refractivity (Wildman–Crippen MR) is 124 cm³/mol. The summed E-state index contributed by atoms with van der Waals surface area (Å²) in [6, 6.07) is 0. The highest BCUT2D eigenvalue weighted by molar-refractivity contribution is 5.98. The third kappa shape index (κ3) is 4.01. The molecule has 0 aromatic heterocycles. The lowest BCUT2D eigenvalue weighted by Gasteiger charge is -2.53. The standard InChI is InChI=1S/C28H34F3NO2/c1-16(2)22-11-23(17-5-3-4-6-17)32-24-9-18(10-25(34)26(22)24)19-12-27(13-19)14-20(28(29,30)31)7-8-21(27)15-33/h7-8,11,15-19,22,32H,3-6,9-10,12-14H2,1-2H3. The molecular weight excluding hydrogens is 439 g/mol. The topological polar surface area (TPSA) is 46.2 Å². The van der Waals surface area contributed by atoms with Crippen LogP contribution in [0.5, 0.6) is 0 Å². The summed E-state index contributed by atoms with van der Waals surface area (Å²) in [5, 5.41) is 3.66. The zero-order valence-electron chi connectivity index (χ0n) is 20.0. The molecule has 3 nitrogen and oxygen atoms in total. The van der Waals surface area contributed by atoms with E-state index in [1.54, 1.807) is 0 Å². The molecule has 0 saturated heterocycles. The fourth-order valence-electron chi connectivity index (χ4n) is 7.20. The van der Waals surface area contributed by atoms with Gasteiger partial charge in [0, 0.05) is 40.3 Å². The minimum Gasteiger partial charge on any atom is -0.362 e. The number of Topliss-reactive ketones (excluding diaryl/α,β-unsaturated/α-hetero) is 1. The number of dihydropyridines is 1. The van der Waals surface area contributed by atoms with Crippen molar-refractivity contribution in [2.24, 2.45) is 35.0 Å². The van der Waals surface area contributed by atoms with E-state index in [-0.39, 0.29) is 30.0 Å². The normalized spacial score (nSPS) is 34.4. The first kappa shape index (κ1) is 23.6. The zero-order chi connectivity index (χ0) is 24.3. The summed E-state index contributed by atoms with van der Waals surface area (Å²) in [7, 11) is 0. The molecule has 5 aliphatic rings. The van der Waals surface area contributed by atoms with Crippen LogP contribution in [0.25, 0.3) is 0 Å². The number of hydrogen-bond donors (Lipinski definition) is 1. The summed E-state index contributed by atoms with van der Waals surface area (Å²) in [6.45, 7) is 4.33. The maximum atomic E-state index is 13.4. The van der Waals surface area contributed by atoms with E-state index in [0.717, 1.165) is 30.1 Å². The second-order valence-electron chi connectivity index (χ2n) is 11.5. The van der Waals surface area contributed by atoms with Crippen LogP contribution < -0.4 is 5.32 Å². The van der Waals surface area contributed by atoms with E-state index >= 15 is 0 Å². The van der Waals surface area contributed by atoms with Gasteiger partial charge in [-0.25, -0.2) is 0 Å². The molecule has 0 bridgehead atoms. The SMILES string of the molecule is CC(C)C1C=C(C2CCCC2)NC2=C1C(=O)CC(C1CC3(CC(C(F)(F)F)=CC=C3C=O)C1)C2. The van der Waals surface area contributed by atoms with Gasteiger partial charge in [0.15, 0.2) is 5.78 Å². The Balaban J connectivity index is 1.33. The van der Waals surface area contributed by atoms with Gasteiger partial charge < -0.3 is 5.32 Å². The molecule has 0 aromatic carbocycles. The molecule has 0 radical (unpaired) electrons. The van der Waals surface area contributed by atoms with E-state index < -0.39 is 17.2 Å². The number of hydrogen-bond acceptors (Lipinski definition) is 3. The summed E-state index contributed by atoms with van der Waals surface area (Å²) in [5.41, 5.74) is 2.44. The Morgan fingerprint density at radius 2 is 1.79 bits per heavy atom. The maximum Gasteiger partial charge on any atom is 0.412 e.